The Morgan fingerprint density at radius 1 is 1.60 bits per heavy atom. The van der Waals surface area contributed by atoms with Gasteiger partial charge in [0.05, 0.1) is 6.16 Å². The second-order valence-corrected chi connectivity index (χ2v) is 4.29. The van der Waals surface area contributed by atoms with Crippen LogP contribution in [0.2, 0.25) is 0 Å². The van der Waals surface area contributed by atoms with Gasteiger partial charge in [-0.25, -0.2) is 0 Å². The van der Waals surface area contributed by atoms with Crippen molar-refractivity contribution >= 4 is 7.60 Å². The molecule has 1 atom stereocenters. The summed E-state index contributed by atoms with van der Waals surface area (Å²) in [7, 11) is -3.79. The maximum Gasteiger partial charge on any atom is 0.325 e. The summed E-state index contributed by atoms with van der Waals surface area (Å²) >= 11 is 0. The summed E-state index contributed by atoms with van der Waals surface area (Å²) in [6, 6.07) is 0. The van der Waals surface area contributed by atoms with Gasteiger partial charge in [0.2, 0.25) is 0 Å². The van der Waals surface area contributed by atoms with Crippen molar-refractivity contribution in [1.29, 1.82) is 0 Å². The molecule has 0 amide bonds. The fourth-order valence-corrected chi connectivity index (χ4v) is 1.28. The Hall–Kier alpha value is 0.110. The number of hydrogen-bond donors (Lipinski definition) is 3. The van der Waals surface area contributed by atoms with Gasteiger partial charge in [0.1, 0.15) is 0 Å². The fourth-order valence-electron chi connectivity index (χ4n) is 0.506. The fraction of sp³-hybridized carbons (Fsp3) is 1.00. The monoisotopic (exact) mass is 167 g/mol. The van der Waals surface area contributed by atoms with Crippen LogP contribution in [-0.2, 0) is 4.57 Å². The maximum absolute atomic E-state index is 10.3. The highest BCUT2D eigenvalue weighted by molar-refractivity contribution is 7.51. The van der Waals surface area contributed by atoms with Crippen LogP contribution in [0.4, 0.5) is 0 Å². The summed E-state index contributed by atoms with van der Waals surface area (Å²) in [6.45, 7) is 2.36. The van der Waals surface area contributed by atoms with Crippen molar-refractivity contribution in [3.63, 3.8) is 0 Å². The van der Waals surface area contributed by atoms with Crippen molar-refractivity contribution in [3.05, 3.63) is 0 Å². The average molecular weight is 167 g/mol. The van der Waals surface area contributed by atoms with Crippen LogP contribution in [0.15, 0.2) is 0 Å². The zero-order valence-electron chi connectivity index (χ0n) is 6.03. The van der Waals surface area contributed by atoms with Gasteiger partial charge in [-0.2, -0.15) is 0 Å². The van der Waals surface area contributed by atoms with E-state index in [1.165, 1.54) is 0 Å². The molecule has 0 bridgehead atoms. The second kappa shape index (κ2) is 4.09. The van der Waals surface area contributed by atoms with Crippen LogP contribution in [0.1, 0.15) is 13.3 Å². The molecule has 1 unspecified atom stereocenters. The zero-order valence-corrected chi connectivity index (χ0v) is 6.92. The Morgan fingerprint density at radius 3 is 2.40 bits per heavy atom. The van der Waals surface area contributed by atoms with Crippen LogP contribution in [-0.4, -0.2) is 22.5 Å². The van der Waals surface area contributed by atoms with Crippen molar-refractivity contribution in [2.45, 2.75) is 13.3 Å². The molecular weight excluding hydrogens is 153 g/mol. The molecular formula is C5H14NO3P. The van der Waals surface area contributed by atoms with Gasteiger partial charge >= 0.3 is 7.60 Å². The first-order chi connectivity index (χ1) is 4.45. The highest BCUT2D eigenvalue weighted by atomic mass is 31.2. The zero-order chi connectivity index (χ0) is 8.20. The standard InChI is InChI=1S/C5H14NO3P/c1-5(4-6)2-3-10(7,8)9/h5H,2-4,6H2,1H3,(H2,7,8,9). The molecule has 0 aromatic heterocycles. The SMILES string of the molecule is CC(CN)CCP(=O)(O)O. The molecule has 0 saturated heterocycles. The lowest BCUT2D eigenvalue weighted by Gasteiger charge is -2.07. The predicted molar refractivity (Wildman–Crippen MR) is 39.7 cm³/mol. The highest BCUT2D eigenvalue weighted by Crippen LogP contribution is 2.35. The van der Waals surface area contributed by atoms with Crippen LogP contribution in [0.5, 0.6) is 0 Å². The van der Waals surface area contributed by atoms with Crippen molar-refractivity contribution in [1.82, 2.24) is 0 Å². The predicted octanol–water partition coefficient (Wildman–Crippen LogP) is 0.149. The van der Waals surface area contributed by atoms with Gasteiger partial charge in [-0.15, -0.1) is 0 Å². The van der Waals surface area contributed by atoms with E-state index < -0.39 is 7.60 Å². The van der Waals surface area contributed by atoms with Gasteiger partial charge in [0, 0.05) is 0 Å². The summed E-state index contributed by atoms with van der Waals surface area (Å²) in [5.74, 6) is 0.202. The molecule has 0 radical (unpaired) electrons. The molecule has 0 heterocycles. The van der Waals surface area contributed by atoms with Crippen LogP contribution in [0.3, 0.4) is 0 Å². The molecule has 10 heavy (non-hydrogen) atoms. The second-order valence-electron chi connectivity index (χ2n) is 2.52. The lowest BCUT2D eigenvalue weighted by molar-refractivity contribution is 0.367. The van der Waals surface area contributed by atoms with E-state index in [0.717, 1.165) is 0 Å². The molecule has 0 aromatic rings. The van der Waals surface area contributed by atoms with Crippen molar-refractivity contribution < 1.29 is 14.4 Å². The lowest BCUT2D eigenvalue weighted by atomic mass is 10.1. The summed E-state index contributed by atoms with van der Waals surface area (Å²) in [5, 5.41) is 0. The Balaban J connectivity index is 3.46. The first-order valence-electron chi connectivity index (χ1n) is 3.20. The molecule has 0 rings (SSSR count). The van der Waals surface area contributed by atoms with E-state index in [9.17, 15) is 4.57 Å². The molecule has 0 fully saturated rings. The molecule has 0 aliphatic carbocycles. The van der Waals surface area contributed by atoms with Crippen LogP contribution < -0.4 is 5.73 Å². The van der Waals surface area contributed by atoms with Gasteiger partial charge in [0.25, 0.3) is 0 Å². The molecule has 0 aliphatic heterocycles. The number of nitrogens with two attached hydrogens (primary N) is 1. The van der Waals surface area contributed by atoms with Crippen LogP contribution in [0.25, 0.3) is 0 Å². The molecule has 4 nitrogen and oxygen atoms in total. The third kappa shape index (κ3) is 6.23. The van der Waals surface area contributed by atoms with Gasteiger partial charge in [-0.3, -0.25) is 4.57 Å². The van der Waals surface area contributed by atoms with E-state index in [-0.39, 0.29) is 12.1 Å². The van der Waals surface area contributed by atoms with E-state index in [4.69, 9.17) is 15.5 Å². The Labute approximate surface area is 60.6 Å². The van der Waals surface area contributed by atoms with Crippen molar-refractivity contribution in [3.8, 4) is 0 Å². The van der Waals surface area contributed by atoms with E-state index in [1.54, 1.807) is 0 Å². The molecule has 0 spiro atoms. The minimum atomic E-state index is -3.79. The summed E-state index contributed by atoms with van der Waals surface area (Å²) in [5.41, 5.74) is 5.25. The topological polar surface area (TPSA) is 83.6 Å². The van der Waals surface area contributed by atoms with E-state index in [2.05, 4.69) is 0 Å². The minimum absolute atomic E-state index is 0.0502. The third-order valence-electron chi connectivity index (χ3n) is 1.32. The largest absolute Gasteiger partial charge is 0.330 e. The molecule has 5 heteroatoms. The third-order valence-corrected chi connectivity index (χ3v) is 2.16. The smallest absolute Gasteiger partial charge is 0.325 e. The van der Waals surface area contributed by atoms with E-state index >= 15 is 0 Å². The highest BCUT2D eigenvalue weighted by Gasteiger charge is 2.13. The van der Waals surface area contributed by atoms with E-state index in [0.29, 0.717) is 13.0 Å². The van der Waals surface area contributed by atoms with Crippen molar-refractivity contribution in [2.24, 2.45) is 11.7 Å². The van der Waals surface area contributed by atoms with Crippen molar-refractivity contribution in [2.75, 3.05) is 12.7 Å². The lowest BCUT2D eigenvalue weighted by Crippen LogP contribution is -2.11. The maximum atomic E-state index is 10.3. The molecule has 0 aromatic carbocycles. The first kappa shape index (κ1) is 10.1. The molecule has 4 N–H and O–H groups in total. The Kier molecular flexibility index (Phi) is 4.13. The summed E-state index contributed by atoms with van der Waals surface area (Å²) < 4.78 is 10.3. The van der Waals surface area contributed by atoms with Crippen LogP contribution >= 0.6 is 7.60 Å². The molecule has 0 saturated carbocycles. The first-order valence-corrected chi connectivity index (χ1v) is 5.00. The minimum Gasteiger partial charge on any atom is -0.330 e. The molecule has 0 aliphatic rings. The Bertz CT molecular complexity index is 133. The summed E-state index contributed by atoms with van der Waals surface area (Å²) in [4.78, 5) is 16.9. The number of rotatable bonds is 4. The number of hydrogen-bond acceptors (Lipinski definition) is 2. The van der Waals surface area contributed by atoms with Crippen LogP contribution in [0, 0.1) is 5.92 Å². The Morgan fingerprint density at radius 2 is 2.10 bits per heavy atom. The normalized spacial score (nSPS) is 15.2. The van der Waals surface area contributed by atoms with E-state index in [1.807, 2.05) is 6.92 Å². The van der Waals surface area contributed by atoms with Gasteiger partial charge in [0.15, 0.2) is 0 Å². The summed E-state index contributed by atoms with van der Waals surface area (Å²) in [6.07, 6.45) is 0.451. The van der Waals surface area contributed by atoms with Gasteiger partial charge in [-0.1, -0.05) is 6.92 Å². The quantitative estimate of drug-likeness (QED) is 0.520. The van der Waals surface area contributed by atoms with Gasteiger partial charge in [-0.05, 0) is 18.9 Å². The average Bonchev–Trinajstić information content (AvgIpc) is 1.81. The molecule has 62 valence electrons. The van der Waals surface area contributed by atoms with Gasteiger partial charge < -0.3 is 15.5 Å².